The predicted molar refractivity (Wildman–Crippen MR) is 138 cm³/mol. The Kier molecular flexibility index (Phi) is 8.59. The fourth-order valence-electron chi connectivity index (χ4n) is 4.45. The third kappa shape index (κ3) is 6.59. The number of amides is 2. The lowest BCUT2D eigenvalue weighted by Crippen LogP contribution is -2.38. The normalized spacial score (nSPS) is 14.2. The zero-order valence-electron chi connectivity index (χ0n) is 21.0. The van der Waals surface area contributed by atoms with Crippen LogP contribution in [0.5, 0.6) is 0 Å². The molecule has 1 aliphatic heterocycles. The van der Waals surface area contributed by atoms with Gasteiger partial charge in [0.1, 0.15) is 0 Å². The lowest BCUT2D eigenvalue weighted by Gasteiger charge is -2.31. The molecule has 8 nitrogen and oxygen atoms in total. The van der Waals surface area contributed by atoms with E-state index in [9.17, 15) is 27.6 Å². The van der Waals surface area contributed by atoms with Crippen molar-refractivity contribution in [2.24, 2.45) is 0 Å². The molecule has 206 valence electrons. The van der Waals surface area contributed by atoms with Crippen LogP contribution in [0.1, 0.15) is 61.1 Å². The summed E-state index contributed by atoms with van der Waals surface area (Å²) in [5.41, 5.74) is 0.529. The molecule has 0 saturated carbocycles. The van der Waals surface area contributed by atoms with Crippen molar-refractivity contribution in [1.29, 1.82) is 0 Å². The Morgan fingerprint density at radius 2 is 1.90 bits per heavy atom. The fraction of sp³-hybridized carbons (Fsp3) is 0.333. The number of anilines is 1. The van der Waals surface area contributed by atoms with Gasteiger partial charge in [0.2, 0.25) is 5.88 Å². The standard InChI is InChI=1S/C27H26ClF3N4O4/c1-34(26(38)20-5-3-2-4-19(20)16-36)13-10-32-24-15-23(33-39-24)17-8-11-35(12-9-17)25(37)18-6-7-21(22(28)14-18)27(29,30)31/h2-7,14-17,32H,8-13H2,1H3. The van der Waals surface area contributed by atoms with Gasteiger partial charge in [-0.05, 0) is 37.1 Å². The summed E-state index contributed by atoms with van der Waals surface area (Å²) in [6.07, 6.45) is -2.71. The minimum atomic E-state index is -4.58. The molecule has 1 fully saturated rings. The summed E-state index contributed by atoms with van der Waals surface area (Å²) in [6.45, 7) is 1.57. The zero-order chi connectivity index (χ0) is 28.2. The topological polar surface area (TPSA) is 95.8 Å². The zero-order valence-corrected chi connectivity index (χ0v) is 21.8. The second-order valence-corrected chi connectivity index (χ2v) is 9.64. The number of piperidine rings is 1. The van der Waals surface area contributed by atoms with Gasteiger partial charge < -0.3 is 19.6 Å². The van der Waals surface area contributed by atoms with E-state index in [-0.39, 0.29) is 23.3 Å². The van der Waals surface area contributed by atoms with Crippen molar-refractivity contribution in [3.63, 3.8) is 0 Å². The maximum Gasteiger partial charge on any atom is 0.417 e. The SMILES string of the molecule is CN(CCNc1cc(C2CCN(C(=O)c3ccc(C(F)(F)F)c(Cl)c3)CC2)no1)C(=O)c1ccccc1C=O. The third-order valence-electron chi connectivity index (χ3n) is 6.66. The van der Waals surface area contributed by atoms with Gasteiger partial charge in [0, 0.05) is 56.3 Å². The van der Waals surface area contributed by atoms with Crippen LogP contribution in [0.2, 0.25) is 5.02 Å². The molecule has 0 bridgehead atoms. The fourth-order valence-corrected chi connectivity index (χ4v) is 4.74. The van der Waals surface area contributed by atoms with E-state index >= 15 is 0 Å². The number of carbonyl (C=O) groups is 3. The molecule has 2 aromatic carbocycles. The molecular weight excluding hydrogens is 537 g/mol. The number of hydrogen-bond donors (Lipinski definition) is 1. The molecule has 39 heavy (non-hydrogen) atoms. The number of benzene rings is 2. The molecular formula is C27H26ClF3N4O4. The van der Waals surface area contributed by atoms with Gasteiger partial charge >= 0.3 is 6.18 Å². The van der Waals surface area contributed by atoms with Gasteiger partial charge in [0.15, 0.2) is 6.29 Å². The van der Waals surface area contributed by atoms with Crippen LogP contribution < -0.4 is 5.32 Å². The second-order valence-electron chi connectivity index (χ2n) is 9.23. The summed E-state index contributed by atoms with van der Waals surface area (Å²) < 4.78 is 44.2. The summed E-state index contributed by atoms with van der Waals surface area (Å²) >= 11 is 5.76. The van der Waals surface area contributed by atoms with Crippen LogP contribution in [0.15, 0.2) is 53.1 Å². The first-order chi connectivity index (χ1) is 18.6. The second kappa shape index (κ2) is 11.9. The van der Waals surface area contributed by atoms with Crippen LogP contribution in [0.25, 0.3) is 0 Å². The highest BCUT2D eigenvalue weighted by Crippen LogP contribution is 2.35. The lowest BCUT2D eigenvalue weighted by atomic mass is 9.93. The van der Waals surface area contributed by atoms with Crippen LogP contribution in [0.3, 0.4) is 0 Å². The van der Waals surface area contributed by atoms with Crippen molar-refractivity contribution in [3.05, 3.63) is 81.5 Å². The van der Waals surface area contributed by atoms with E-state index in [2.05, 4.69) is 10.5 Å². The predicted octanol–water partition coefficient (Wildman–Crippen LogP) is 5.36. The van der Waals surface area contributed by atoms with Gasteiger partial charge in [-0.2, -0.15) is 13.2 Å². The van der Waals surface area contributed by atoms with Crippen LogP contribution in [-0.4, -0.2) is 66.3 Å². The monoisotopic (exact) mass is 562 g/mol. The number of likely N-dealkylation sites (tertiary alicyclic amines) is 1. The van der Waals surface area contributed by atoms with Gasteiger partial charge in [-0.3, -0.25) is 14.4 Å². The number of nitrogens with zero attached hydrogens (tertiary/aromatic N) is 3. The van der Waals surface area contributed by atoms with Crippen molar-refractivity contribution in [2.75, 3.05) is 38.5 Å². The Morgan fingerprint density at radius 1 is 1.18 bits per heavy atom. The van der Waals surface area contributed by atoms with Crippen molar-refractivity contribution in [2.45, 2.75) is 24.9 Å². The minimum absolute atomic E-state index is 0.0497. The Morgan fingerprint density at radius 3 is 2.56 bits per heavy atom. The summed E-state index contributed by atoms with van der Waals surface area (Å²) in [6, 6.07) is 11.4. The molecule has 1 N–H and O–H groups in total. The summed E-state index contributed by atoms with van der Waals surface area (Å²) in [5.74, 6) is -0.149. The number of alkyl halides is 3. The van der Waals surface area contributed by atoms with Crippen LogP contribution >= 0.6 is 11.6 Å². The van der Waals surface area contributed by atoms with Crippen LogP contribution in [-0.2, 0) is 6.18 Å². The molecule has 0 unspecified atom stereocenters. The number of carbonyl (C=O) groups excluding carboxylic acids is 3. The number of aldehydes is 1. The van der Waals surface area contributed by atoms with Gasteiger partial charge in [0.05, 0.1) is 21.8 Å². The number of nitrogens with one attached hydrogen (secondary N) is 1. The van der Waals surface area contributed by atoms with E-state index < -0.39 is 16.8 Å². The summed E-state index contributed by atoms with van der Waals surface area (Å²) in [4.78, 5) is 39.7. The molecule has 0 spiro atoms. The Hall–Kier alpha value is -3.86. The average molecular weight is 563 g/mol. The molecule has 1 aromatic heterocycles. The van der Waals surface area contributed by atoms with Crippen molar-refractivity contribution >= 4 is 35.6 Å². The molecule has 1 saturated heterocycles. The first kappa shape index (κ1) is 28.2. The first-order valence-electron chi connectivity index (χ1n) is 12.2. The summed E-state index contributed by atoms with van der Waals surface area (Å²) in [7, 11) is 1.64. The van der Waals surface area contributed by atoms with E-state index in [0.717, 1.165) is 23.9 Å². The average Bonchev–Trinajstić information content (AvgIpc) is 3.40. The largest absolute Gasteiger partial charge is 0.417 e. The number of halogens is 4. The van der Waals surface area contributed by atoms with Crippen molar-refractivity contribution in [1.82, 2.24) is 15.0 Å². The number of hydrogen-bond acceptors (Lipinski definition) is 6. The van der Waals surface area contributed by atoms with Crippen molar-refractivity contribution < 1.29 is 32.1 Å². The van der Waals surface area contributed by atoms with Gasteiger partial charge in [-0.25, -0.2) is 0 Å². The molecule has 0 atom stereocenters. The highest BCUT2D eigenvalue weighted by Gasteiger charge is 2.34. The molecule has 12 heteroatoms. The molecule has 1 aliphatic rings. The van der Waals surface area contributed by atoms with Crippen LogP contribution in [0.4, 0.5) is 19.1 Å². The maximum atomic E-state index is 12.9. The van der Waals surface area contributed by atoms with E-state index in [4.69, 9.17) is 16.1 Å². The van der Waals surface area contributed by atoms with Crippen molar-refractivity contribution in [3.8, 4) is 0 Å². The Balaban J connectivity index is 1.26. The molecule has 0 radical (unpaired) electrons. The smallest absolute Gasteiger partial charge is 0.352 e. The molecule has 4 rings (SSSR count). The molecule has 3 aromatic rings. The van der Waals surface area contributed by atoms with E-state index in [1.54, 1.807) is 42.3 Å². The van der Waals surface area contributed by atoms with E-state index in [1.165, 1.54) is 4.90 Å². The van der Waals surface area contributed by atoms with Gasteiger partial charge in [0.25, 0.3) is 11.8 Å². The molecule has 2 amide bonds. The molecule has 0 aliphatic carbocycles. The number of likely N-dealkylation sites (N-methyl/N-ethyl adjacent to an activating group) is 1. The molecule has 2 heterocycles. The quantitative estimate of drug-likeness (QED) is 0.371. The highest BCUT2D eigenvalue weighted by molar-refractivity contribution is 6.31. The van der Waals surface area contributed by atoms with E-state index in [1.807, 2.05) is 0 Å². The highest BCUT2D eigenvalue weighted by atomic mass is 35.5. The maximum absolute atomic E-state index is 12.9. The first-order valence-corrected chi connectivity index (χ1v) is 12.6. The minimum Gasteiger partial charge on any atom is -0.352 e. The lowest BCUT2D eigenvalue weighted by molar-refractivity contribution is -0.137. The number of aromatic nitrogens is 1. The van der Waals surface area contributed by atoms with Crippen LogP contribution in [0, 0.1) is 0 Å². The van der Waals surface area contributed by atoms with E-state index in [0.29, 0.717) is 62.3 Å². The van der Waals surface area contributed by atoms with Gasteiger partial charge in [-0.1, -0.05) is 35.0 Å². The Bertz CT molecular complexity index is 1350. The summed E-state index contributed by atoms with van der Waals surface area (Å²) in [5, 5.41) is 6.71. The third-order valence-corrected chi connectivity index (χ3v) is 6.97. The van der Waals surface area contributed by atoms with Gasteiger partial charge in [-0.15, -0.1) is 0 Å². The number of rotatable bonds is 8. The Labute approximate surface area is 227 Å².